The van der Waals surface area contributed by atoms with Crippen molar-refractivity contribution in [3.63, 3.8) is 0 Å². The zero-order chi connectivity index (χ0) is 5.54. The van der Waals surface area contributed by atoms with Crippen LogP contribution in [-0.4, -0.2) is 13.1 Å². The number of hydrogen-bond acceptors (Lipinski definition) is 2. The maximum atomic E-state index is 7.32. The second-order valence-electron chi connectivity index (χ2n) is 1.33. The molecule has 0 aromatic carbocycles. The van der Waals surface area contributed by atoms with E-state index in [0.29, 0.717) is 0 Å². The van der Waals surface area contributed by atoms with Crippen LogP contribution in [0, 0.1) is 11.3 Å². The lowest BCUT2D eigenvalue weighted by Crippen LogP contribution is -2.29. The highest BCUT2D eigenvalue weighted by Crippen LogP contribution is 1.80. The highest BCUT2D eigenvalue weighted by Gasteiger charge is 1.92. The van der Waals surface area contributed by atoms with Gasteiger partial charge in [0.15, 0.2) is 0 Å². The molecular formula is C5H11ClN2. The van der Waals surface area contributed by atoms with Crippen molar-refractivity contribution >= 4 is 12.4 Å². The van der Waals surface area contributed by atoms with Gasteiger partial charge in [-0.1, -0.05) is 0 Å². The Hall–Kier alpha value is -0.260. The Morgan fingerprint density at radius 1 is 1.50 bits per heavy atom. The summed E-state index contributed by atoms with van der Waals surface area (Å²) in [5.41, 5.74) is 0. The first-order valence-electron chi connectivity index (χ1n) is 2.43. The minimum atomic E-state index is 0. The molecule has 0 bridgehead atoms. The molecule has 3 heteroatoms. The summed E-state index contributed by atoms with van der Waals surface area (Å²) >= 11 is 0. The van der Waals surface area contributed by atoms with Crippen molar-refractivity contribution in [1.82, 2.24) is 5.32 Å². The van der Waals surface area contributed by atoms with E-state index in [0.717, 1.165) is 0 Å². The first kappa shape index (κ1) is 10.7. The molecule has 0 saturated carbocycles. The first-order chi connectivity index (χ1) is 3.41. The summed E-state index contributed by atoms with van der Waals surface area (Å²) in [6.07, 6.45) is 1.39. The lowest BCUT2D eigenvalue weighted by Gasteiger charge is -2.09. The number of rotatable bonds is 0. The van der Waals surface area contributed by atoms with E-state index in [4.69, 9.17) is 5.26 Å². The van der Waals surface area contributed by atoms with Crippen molar-refractivity contribution in [3.05, 3.63) is 0 Å². The highest BCUT2D eigenvalue weighted by atomic mass is 35.5. The third kappa shape index (κ3) is 9.22. The van der Waals surface area contributed by atoms with Crippen LogP contribution < -0.4 is 5.32 Å². The van der Waals surface area contributed by atoms with E-state index < -0.39 is 0 Å². The van der Waals surface area contributed by atoms with Gasteiger partial charge >= 0.3 is 0 Å². The molecule has 8 heavy (non-hydrogen) atoms. The average molecular weight is 135 g/mol. The van der Waals surface area contributed by atoms with Crippen molar-refractivity contribution in [1.29, 1.82) is 5.26 Å². The summed E-state index contributed by atoms with van der Waals surface area (Å²) in [7, 11) is 0. The molecule has 1 aliphatic rings. The SMILES string of the molecule is C1CNC1.CC#N.Cl. The molecule has 1 heterocycles. The Kier molecular flexibility index (Phi) is 13.2. The second kappa shape index (κ2) is 9.88. The molecule has 0 amide bonds. The fourth-order valence-electron chi connectivity index (χ4n) is 0.177. The predicted octanol–water partition coefficient (Wildman–Crippen LogP) is 0.931. The molecule has 0 aromatic rings. The molecule has 0 atom stereocenters. The van der Waals surface area contributed by atoms with E-state index in [1.807, 2.05) is 0 Å². The van der Waals surface area contributed by atoms with Crippen molar-refractivity contribution < 1.29 is 0 Å². The van der Waals surface area contributed by atoms with Crippen molar-refractivity contribution in [2.24, 2.45) is 0 Å². The lowest BCUT2D eigenvalue weighted by atomic mass is 10.3. The van der Waals surface area contributed by atoms with Crippen LogP contribution in [0.15, 0.2) is 0 Å². The van der Waals surface area contributed by atoms with Gasteiger partial charge in [0.05, 0.1) is 6.07 Å². The Balaban J connectivity index is 0. The summed E-state index contributed by atoms with van der Waals surface area (Å²) in [5.74, 6) is 0. The molecule has 1 aliphatic heterocycles. The number of nitrogens with zero attached hydrogens (tertiary/aromatic N) is 1. The zero-order valence-corrected chi connectivity index (χ0v) is 5.79. The molecule has 48 valence electrons. The molecule has 0 aliphatic carbocycles. The van der Waals surface area contributed by atoms with Gasteiger partial charge in [0.2, 0.25) is 0 Å². The van der Waals surface area contributed by atoms with E-state index in [9.17, 15) is 0 Å². The second-order valence-corrected chi connectivity index (χ2v) is 1.33. The Morgan fingerprint density at radius 3 is 1.62 bits per heavy atom. The molecule has 2 nitrogen and oxygen atoms in total. The smallest absolute Gasteiger partial charge is 0.0587 e. The van der Waals surface area contributed by atoms with Crippen LogP contribution in [0.1, 0.15) is 13.3 Å². The van der Waals surface area contributed by atoms with Gasteiger partial charge in [-0.25, -0.2) is 0 Å². The third-order valence-electron chi connectivity index (χ3n) is 0.707. The lowest BCUT2D eigenvalue weighted by molar-refractivity contribution is 0.527. The quantitative estimate of drug-likeness (QED) is 0.535. The minimum Gasteiger partial charge on any atom is -0.317 e. The van der Waals surface area contributed by atoms with Gasteiger partial charge in [-0.3, -0.25) is 0 Å². The summed E-state index contributed by atoms with van der Waals surface area (Å²) < 4.78 is 0. The molecule has 0 unspecified atom stereocenters. The van der Waals surface area contributed by atoms with Crippen LogP contribution in [0.25, 0.3) is 0 Å². The zero-order valence-electron chi connectivity index (χ0n) is 4.98. The average Bonchev–Trinajstić information content (AvgIpc) is 1.27. The topological polar surface area (TPSA) is 35.8 Å². The van der Waals surface area contributed by atoms with Crippen LogP contribution in [0.3, 0.4) is 0 Å². The number of nitriles is 1. The maximum Gasteiger partial charge on any atom is 0.0587 e. The van der Waals surface area contributed by atoms with E-state index in [2.05, 4.69) is 5.32 Å². The minimum absolute atomic E-state index is 0. The third-order valence-corrected chi connectivity index (χ3v) is 0.707. The van der Waals surface area contributed by atoms with Crippen molar-refractivity contribution in [2.45, 2.75) is 13.3 Å². The molecule has 1 saturated heterocycles. The van der Waals surface area contributed by atoms with Crippen molar-refractivity contribution in [2.75, 3.05) is 13.1 Å². The van der Waals surface area contributed by atoms with Gasteiger partial charge in [-0.05, 0) is 19.5 Å². The Labute approximate surface area is 56.3 Å². The van der Waals surface area contributed by atoms with Crippen LogP contribution >= 0.6 is 12.4 Å². The normalized spacial score (nSPS) is 13.0. The molecule has 0 spiro atoms. The Morgan fingerprint density at radius 2 is 1.62 bits per heavy atom. The number of halogens is 1. The predicted molar refractivity (Wildman–Crippen MR) is 36.0 cm³/mol. The molecule has 1 N–H and O–H groups in total. The summed E-state index contributed by atoms with van der Waals surface area (Å²) in [6.45, 7) is 3.93. The van der Waals surface area contributed by atoms with E-state index in [1.54, 1.807) is 6.07 Å². The monoisotopic (exact) mass is 134 g/mol. The van der Waals surface area contributed by atoms with Gasteiger partial charge < -0.3 is 5.32 Å². The van der Waals surface area contributed by atoms with E-state index in [-0.39, 0.29) is 12.4 Å². The number of hydrogen-bond donors (Lipinski definition) is 1. The largest absolute Gasteiger partial charge is 0.317 e. The Bertz CT molecular complexity index is 59.3. The molecule has 0 aromatic heterocycles. The van der Waals surface area contributed by atoms with Gasteiger partial charge in [0.25, 0.3) is 0 Å². The summed E-state index contributed by atoms with van der Waals surface area (Å²) in [5, 5.41) is 10.4. The standard InChI is InChI=1S/C3H7N.C2H3N.ClH/c1-2-4-3-1;1-2-3;/h4H,1-3H2;1H3;1H. The fourth-order valence-corrected chi connectivity index (χ4v) is 0.177. The van der Waals surface area contributed by atoms with Crippen LogP contribution in [0.2, 0.25) is 0 Å². The van der Waals surface area contributed by atoms with Crippen LogP contribution in [0.5, 0.6) is 0 Å². The first-order valence-corrected chi connectivity index (χ1v) is 2.43. The van der Waals surface area contributed by atoms with Crippen LogP contribution in [0.4, 0.5) is 0 Å². The van der Waals surface area contributed by atoms with Gasteiger partial charge in [-0.15, -0.1) is 12.4 Å². The van der Waals surface area contributed by atoms with E-state index in [1.165, 1.54) is 26.4 Å². The maximum absolute atomic E-state index is 7.32. The van der Waals surface area contributed by atoms with Crippen LogP contribution in [-0.2, 0) is 0 Å². The van der Waals surface area contributed by atoms with Gasteiger partial charge in [-0.2, -0.15) is 5.26 Å². The molecular weight excluding hydrogens is 124 g/mol. The number of nitrogens with one attached hydrogen (secondary N) is 1. The van der Waals surface area contributed by atoms with Gasteiger partial charge in [0, 0.05) is 6.92 Å². The highest BCUT2D eigenvalue weighted by molar-refractivity contribution is 5.85. The summed E-state index contributed by atoms with van der Waals surface area (Å²) in [6, 6.07) is 1.75. The summed E-state index contributed by atoms with van der Waals surface area (Å²) in [4.78, 5) is 0. The molecule has 0 radical (unpaired) electrons. The molecule has 1 fully saturated rings. The van der Waals surface area contributed by atoms with Crippen molar-refractivity contribution in [3.8, 4) is 6.07 Å². The van der Waals surface area contributed by atoms with E-state index >= 15 is 0 Å². The van der Waals surface area contributed by atoms with Gasteiger partial charge in [0.1, 0.15) is 0 Å². The fraction of sp³-hybridized carbons (Fsp3) is 0.800. The molecule has 1 rings (SSSR count).